The molecule has 0 radical (unpaired) electrons. The molecule has 0 bridgehead atoms. The highest BCUT2D eigenvalue weighted by Crippen LogP contribution is 2.38. The van der Waals surface area contributed by atoms with Gasteiger partial charge >= 0.3 is 0 Å². The van der Waals surface area contributed by atoms with Crippen LogP contribution in [0.2, 0.25) is 5.15 Å². The Kier molecular flexibility index (Phi) is 4.05. The molecule has 0 atom stereocenters. The van der Waals surface area contributed by atoms with Crippen LogP contribution in [-0.2, 0) is 18.3 Å². The van der Waals surface area contributed by atoms with Crippen LogP contribution in [-0.4, -0.2) is 15.6 Å². The van der Waals surface area contributed by atoms with E-state index < -0.39 is 0 Å². The van der Waals surface area contributed by atoms with Crippen LogP contribution in [0.3, 0.4) is 0 Å². The number of hydrogen-bond donors (Lipinski definition) is 0. The summed E-state index contributed by atoms with van der Waals surface area (Å²) in [6.07, 6.45) is 4.75. The van der Waals surface area contributed by atoms with Crippen LogP contribution >= 0.6 is 11.6 Å². The molecule has 1 heterocycles. The Balaban J connectivity index is 2.02. The normalized spacial score (nSPS) is 19.6. The van der Waals surface area contributed by atoms with Crippen molar-refractivity contribution < 1.29 is 4.79 Å². The molecule has 0 amide bonds. The van der Waals surface area contributed by atoms with Crippen molar-refractivity contribution in [3.8, 4) is 0 Å². The van der Waals surface area contributed by atoms with E-state index in [0.29, 0.717) is 22.8 Å². The lowest BCUT2D eigenvalue weighted by molar-refractivity contribution is -0.123. The summed E-state index contributed by atoms with van der Waals surface area (Å²) in [4.78, 5) is 12.4. The van der Waals surface area contributed by atoms with Crippen LogP contribution in [0.25, 0.3) is 0 Å². The summed E-state index contributed by atoms with van der Waals surface area (Å²) in [7, 11) is 1.81. The number of nitrogens with zero attached hydrogens (tertiary/aromatic N) is 2. The van der Waals surface area contributed by atoms with E-state index in [1.165, 1.54) is 0 Å². The summed E-state index contributed by atoms with van der Waals surface area (Å²) in [5.74, 6) is 0.539. The zero-order chi connectivity index (χ0) is 14.2. The fourth-order valence-corrected chi connectivity index (χ4v) is 3.16. The molecule has 0 unspecified atom stereocenters. The third-order valence-electron chi connectivity index (χ3n) is 4.42. The second-order valence-electron chi connectivity index (χ2n) is 6.56. The molecule has 1 aliphatic carbocycles. The second kappa shape index (κ2) is 5.28. The summed E-state index contributed by atoms with van der Waals surface area (Å²) < 4.78 is 1.64. The molecular formula is C15H23ClN2O. The molecule has 1 aromatic heterocycles. The topological polar surface area (TPSA) is 34.9 Å². The number of aryl methyl sites for hydroxylation is 2. The quantitative estimate of drug-likeness (QED) is 0.847. The van der Waals surface area contributed by atoms with Gasteiger partial charge in [0.1, 0.15) is 10.9 Å². The number of ketones is 1. The van der Waals surface area contributed by atoms with Crippen LogP contribution in [0, 0.1) is 18.3 Å². The van der Waals surface area contributed by atoms with Gasteiger partial charge in [0.05, 0.1) is 5.69 Å². The Morgan fingerprint density at radius 3 is 2.47 bits per heavy atom. The fraction of sp³-hybridized carbons (Fsp3) is 0.733. The van der Waals surface area contributed by atoms with Gasteiger partial charge in [-0.2, -0.15) is 5.10 Å². The largest absolute Gasteiger partial charge is 0.299 e. The highest BCUT2D eigenvalue weighted by atomic mass is 35.5. The highest BCUT2D eigenvalue weighted by molar-refractivity contribution is 6.30. The number of hydrogen-bond acceptors (Lipinski definition) is 2. The van der Waals surface area contributed by atoms with E-state index in [2.05, 4.69) is 18.9 Å². The lowest BCUT2D eigenvalue weighted by Gasteiger charge is -2.33. The Morgan fingerprint density at radius 2 is 2.00 bits per heavy atom. The van der Waals surface area contributed by atoms with Crippen molar-refractivity contribution in [2.75, 3.05) is 0 Å². The van der Waals surface area contributed by atoms with E-state index in [1.807, 2.05) is 14.0 Å². The van der Waals surface area contributed by atoms with Gasteiger partial charge in [-0.3, -0.25) is 9.48 Å². The number of carbonyl (C=O) groups excluding carboxylic acids is 1. The lowest BCUT2D eigenvalue weighted by atomic mass is 9.71. The maximum atomic E-state index is 12.4. The number of Topliss-reactive ketones (excluding diaryl/α,β-unsaturated/α-hetero) is 1. The second-order valence-corrected chi connectivity index (χ2v) is 6.92. The van der Waals surface area contributed by atoms with Crippen molar-refractivity contribution in [2.24, 2.45) is 18.4 Å². The summed E-state index contributed by atoms with van der Waals surface area (Å²) in [6, 6.07) is 0. The smallest absolute Gasteiger partial charge is 0.140 e. The van der Waals surface area contributed by atoms with Gasteiger partial charge in [-0.15, -0.1) is 0 Å². The molecule has 1 fully saturated rings. The summed E-state index contributed by atoms with van der Waals surface area (Å²) >= 11 is 6.19. The molecule has 4 heteroatoms. The van der Waals surface area contributed by atoms with E-state index in [9.17, 15) is 4.79 Å². The maximum Gasteiger partial charge on any atom is 0.140 e. The monoisotopic (exact) mass is 282 g/mol. The molecule has 0 aliphatic heterocycles. The molecule has 0 N–H and O–H groups in total. The SMILES string of the molecule is Cc1nn(C)c(Cl)c1CC(=O)C1CCC(C)(C)CC1. The zero-order valence-electron chi connectivity index (χ0n) is 12.3. The van der Waals surface area contributed by atoms with Crippen molar-refractivity contribution in [1.29, 1.82) is 0 Å². The minimum absolute atomic E-state index is 0.212. The van der Waals surface area contributed by atoms with Gasteiger partial charge in [0.25, 0.3) is 0 Å². The molecular weight excluding hydrogens is 260 g/mol. The number of aromatic nitrogens is 2. The van der Waals surface area contributed by atoms with Gasteiger partial charge in [-0.1, -0.05) is 25.4 Å². The van der Waals surface area contributed by atoms with E-state index in [1.54, 1.807) is 4.68 Å². The highest BCUT2D eigenvalue weighted by Gasteiger charge is 2.31. The zero-order valence-corrected chi connectivity index (χ0v) is 13.0. The van der Waals surface area contributed by atoms with Gasteiger partial charge in [0, 0.05) is 24.9 Å². The van der Waals surface area contributed by atoms with Gasteiger partial charge in [-0.25, -0.2) is 0 Å². The average Bonchev–Trinajstić information content (AvgIpc) is 2.56. The van der Waals surface area contributed by atoms with Crippen molar-refractivity contribution in [1.82, 2.24) is 9.78 Å². The van der Waals surface area contributed by atoms with Crippen LogP contribution in [0.15, 0.2) is 0 Å². The fourth-order valence-electron chi connectivity index (χ4n) is 2.91. The molecule has 0 spiro atoms. The number of halogens is 1. The maximum absolute atomic E-state index is 12.4. The van der Waals surface area contributed by atoms with E-state index in [0.717, 1.165) is 36.9 Å². The van der Waals surface area contributed by atoms with E-state index in [4.69, 9.17) is 11.6 Å². The predicted octanol–water partition coefficient (Wildman–Crippen LogP) is 3.71. The first-order valence-electron chi connectivity index (χ1n) is 7.01. The average molecular weight is 283 g/mol. The molecule has 2 rings (SSSR count). The molecule has 0 aromatic carbocycles. The number of rotatable bonds is 3. The van der Waals surface area contributed by atoms with Crippen molar-refractivity contribution in [2.45, 2.75) is 52.9 Å². The summed E-state index contributed by atoms with van der Waals surface area (Å²) in [5, 5.41) is 4.86. The van der Waals surface area contributed by atoms with Gasteiger partial charge in [0.15, 0.2) is 0 Å². The molecule has 0 saturated heterocycles. The predicted molar refractivity (Wildman–Crippen MR) is 77.4 cm³/mol. The minimum atomic E-state index is 0.212. The van der Waals surface area contributed by atoms with Gasteiger partial charge < -0.3 is 0 Å². The first-order valence-corrected chi connectivity index (χ1v) is 7.38. The molecule has 1 saturated carbocycles. The van der Waals surface area contributed by atoms with Crippen molar-refractivity contribution in [3.63, 3.8) is 0 Å². The summed E-state index contributed by atoms with van der Waals surface area (Å²) in [5.41, 5.74) is 2.18. The Morgan fingerprint density at radius 1 is 1.42 bits per heavy atom. The summed E-state index contributed by atoms with van der Waals surface area (Å²) in [6.45, 7) is 6.49. The third-order valence-corrected chi connectivity index (χ3v) is 4.89. The minimum Gasteiger partial charge on any atom is -0.299 e. The third kappa shape index (κ3) is 3.19. The van der Waals surface area contributed by atoms with E-state index in [-0.39, 0.29) is 5.92 Å². The van der Waals surface area contributed by atoms with Crippen molar-refractivity contribution >= 4 is 17.4 Å². The standard InChI is InChI=1S/C15H23ClN2O/c1-10-12(14(16)18(4)17-10)9-13(19)11-5-7-15(2,3)8-6-11/h11H,5-9H2,1-4H3. The molecule has 19 heavy (non-hydrogen) atoms. The van der Waals surface area contributed by atoms with Gasteiger partial charge in [0.2, 0.25) is 0 Å². The Labute approximate surface area is 120 Å². The van der Waals surface area contributed by atoms with E-state index >= 15 is 0 Å². The van der Waals surface area contributed by atoms with Gasteiger partial charge in [-0.05, 0) is 38.0 Å². The molecule has 1 aromatic rings. The number of carbonyl (C=O) groups is 1. The first kappa shape index (κ1) is 14.6. The van der Waals surface area contributed by atoms with Crippen LogP contribution in [0.5, 0.6) is 0 Å². The molecule has 1 aliphatic rings. The lowest BCUT2D eigenvalue weighted by Crippen LogP contribution is -2.27. The van der Waals surface area contributed by atoms with Crippen LogP contribution in [0.1, 0.15) is 50.8 Å². The molecule has 3 nitrogen and oxygen atoms in total. The molecule has 106 valence electrons. The van der Waals surface area contributed by atoms with Crippen LogP contribution in [0.4, 0.5) is 0 Å². The first-order chi connectivity index (χ1) is 8.80. The van der Waals surface area contributed by atoms with Crippen LogP contribution < -0.4 is 0 Å². The Hall–Kier alpha value is -0.830. The Bertz CT molecular complexity index is 481. The van der Waals surface area contributed by atoms with Crippen molar-refractivity contribution in [3.05, 3.63) is 16.4 Å².